The van der Waals surface area contributed by atoms with Crippen molar-refractivity contribution >= 4 is 5.97 Å². The number of hydrogen-bond donors (Lipinski definition) is 1. The fraction of sp³-hybridized carbons (Fsp3) is 0.571. The Kier molecular flexibility index (Phi) is 5.76. The van der Waals surface area contributed by atoms with Crippen LogP contribution in [0.3, 0.4) is 0 Å². The van der Waals surface area contributed by atoms with Gasteiger partial charge < -0.3 is 14.4 Å². The van der Waals surface area contributed by atoms with E-state index < -0.39 is 11.4 Å². The topological polar surface area (TPSA) is 68.5 Å². The maximum atomic E-state index is 11.5. The molecular formula is C14H21NO4. The molecule has 1 rings (SSSR count). The van der Waals surface area contributed by atoms with Gasteiger partial charge in [0.2, 0.25) is 0 Å². The Morgan fingerprint density at radius 3 is 2.68 bits per heavy atom. The van der Waals surface area contributed by atoms with E-state index in [9.17, 15) is 9.59 Å². The zero-order valence-electron chi connectivity index (χ0n) is 11.7. The molecule has 1 aromatic heterocycles. The summed E-state index contributed by atoms with van der Waals surface area (Å²) in [5.41, 5.74) is 0.0808. The molecule has 0 amide bonds. The number of rotatable bonds is 7. The molecule has 0 aliphatic carbocycles. The van der Waals surface area contributed by atoms with E-state index in [0.717, 1.165) is 12.1 Å². The highest BCUT2D eigenvalue weighted by molar-refractivity contribution is 5.87. The van der Waals surface area contributed by atoms with Gasteiger partial charge >= 0.3 is 5.97 Å². The van der Waals surface area contributed by atoms with Gasteiger partial charge in [-0.25, -0.2) is 4.79 Å². The standard InChI is InChI=1S/C14H21NO4/c1-10(2)4-6-19-7-5-15-9-12(14(17)18)13(16)8-11(15)3/h8-10H,4-7H2,1-3H3,(H,17,18). The Morgan fingerprint density at radius 2 is 2.11 bits per heavy atom. The van der Waals surface area contributed by atoms with Crippen LogP contribution < -0.4 is 5.43 Å². The first-order valence-electron chi connectivity index (χ1n) is 6.44. The summed E-state index contributed by atoms with van der Waals surface area (Å²) in [6.07, 6.45) is 2.38. The maximum absolute atomic E-state index is 11.5. The van der Waals surface area contributed by atoms with Crippen molar-refractivity contribution in [3.8, 4) is 0 Å². The molecular weight excluding hydrogens is 246 g/mol. The summed E-state index contributed by atoms with van der Waals surface area (Å²) in [5, 5.41) is 8.91. The normalized spacial score (nSPS) is 10.9. The first-order valence-corrected chi connectivity index (χ1v) is 6.44. The molecule has 0 bridgehead atoms. The Hall–Kier alpha value is -1.62. The molecule has 0 aromatic carbocycles. The summed E-state index contributed by atoms with van der Waals surface area (Å²) >= 11 is 0. The third-order valence-corrected chi connectivity index (χ3v) is 2.89. The van der Waals surface area contributed by atoms with Crippen LogP contribution in [-0.4, -0.2) is 28.9 Å². The number of nitrogens with zero attached hydrogens (tertiary/aromatic N) is 1. The Morgan fingerprint density at radius 1 is 1.42 bits per heavy atom. The summed E-state index contributed by atoms with van der Waals surface area (Å²) < 4.78 is 7.22. The predicted molar refractivity (Wildman–Crippen MR) is 72.7 cm³/mol. The van der Waals surface area contributed by atoms with Crippen molar-refractivity contribution in [2.45, 2.75) is 33.7 Å². The monoisotopic (exact) mass is 267 g/mol. The molecule has 5 nitrogen and oxygen atoms in total. The molecule has 0 aliphatic heterocycles. The van der Waals surface area contributed by atoms with Gasteiger partial charge in [0.05, 0.1) is 6.61 Å². The number of aryl methyl sites for hydroxylation is 1. The van der Waals surface area contributed by atoms with Crippen LogP contribution >= 0.6 is 0 Å². The molecule has 5 heteroatoms. The zero-order valence-corrected chi connectivity index (χ0v) is 11.7. The van der Waals surface area contributed by atoms with E-state index in [-0.39, 0.29) is 5.56 Å². The van der Waals surface area contributed by atoms with Gasteiger partial charge in [0.25, 0.3) is 0 Å². The first-order chi connectivity index (χ1) is 8.91. The predicted octanol–water partition coefficient (Wildman–Crippen LogP) is 1.92. The molecule has 106 valence electrons. The molecule has 1 N–H and O–H groups in total. The van der Waals surface area contributed by atoms with Crippen molar-refractivity contribution in [3.05, 3.63) is 33.7 Å². The minimum atomic E-state index is -1.19. The van der Waals surface area contributed by atoms with Crippen LogP contribution in [-0.2, 0) is 11.3 Å². The third-order valence-electron chi connectivity index (χ3n) is 2.89. The molecule has 0 spiro atoms. The molecule has 19 heavy (non-hydrogen) atoms. The highest BCUT2D eigenvalue weighted by Gasteiger charge is 2.10. The third kappa shape index (κ3) is 4.87. The average molecular weight is 267 g/mol. The lowest BCUT2D eigenvalue weighted by Gasteiger charge is -2.12. The van der Waals surface area contributed by atoms with Gasteiger partial charge in [-0.1, -0.05) is 13.8 Å². The van der Waals surface area contributed by atoms with Crippen LogP contribution in [0.5, 0.6) is 0 Å². The van der Waals surface area contributed by atoms with Crippen LogP contribution in [0.15, 0.2) is 17.1 Å². The second-order valence-electron chi connectivity index (χ2n) is 4.99. The van der Waals surface area contributed by atoms with Gasteiger partial charge in [0.1, 0.15) is 5.56 Å². The molecule has 0 saturated carbocycles. The molecule has 0 fully saturated rings. The molecule has 0 aliphatic rings. The van der Waals surface area contributed by atoms with E-state index in [0.29, 0.717) is 25.7 Å². The summed E-state index contributed by atoms with van der Waals surface area (Å²) in [7, 11) is 0. The largest absolute Gasteiger partial charge is 0.477 e. The quantitative estimate of drug-likeness (QED) is 0.766. The van der Waals surface area contributed by atoms with E-state index in [1.54, 1.807) is 11.5 Å². The number of carboxylic acid groups (broad SMARTS) is 1. The van der Waals surface area contributed by atoms with Gasteiger partial charge in [0, 0.05) is 31.1 Å². The highest BCUT2D eigenvalue weighted by atomic mass is 16.5. The average Bonchev–Trinajstić information content (AvgIpc) is 2.30. The van der Waals surface area contributed by atoms with E-state index >= 15 is 0 Å². The smallest absolute Gasteiger partial charge is 0.341 e. The number of carboxylic acids is 1. The lowest BCUT2D eigenvalue weighted by Crippen LogP contribution is -2.20. The number of aromatic carboxylic acids is 1. The summed E-state index contributed by atoms with van der Waals surface area (Å²) in [6, 6.07) is 1.34. The lowest BCUT2D eigenvalue weighted by molar-refractivity contribution is 0.0693. The van der Waals surface area contributed by atoms with Crippen molar-refractivity contribution in [3.63, 3.8) is 0 Å². The lowest BCUT2D eigenvalue weighted by atomic mass is 10.1. The van der Waals surface area contributed by atoms with Gasteiger partial charge in [0.15, 0.2) is 5.43 Å². The van der Waals surface area contributed by atoms with Gasteiger partial charge in [-0.2, -0.15) is 0 Å². The summed E-state index contributed by atoms with van der Waals surface area (Å²) in [5.74, 6) is -0.591. The number of pyridine rings is 1. The van der Waals surface area contributed by atoms with Crippen molar-refractivity contribution < 1.29 is 14.6 Å². The number of aromatic nitrogens is 1. The minimum absolute atomic E-state index is 0.201. The Labute approximate surface area is 112 Å². The molecule has 0 unspecified atom stereocenters. The maximum Gasteiger partial charge on any atom is 0.341 e. The molecule has 1 heterocycles. The van der Waals surface area contributed by atoms with E-state index in [1.807, 2.05) is 0 Å². The van der Waals surface area contributed by atoms with Gasteiger partial charge in [-0.3, -0.25) is 4.79 Å². The fourth-order valence-electron chi connectivity index (χ4n) is 1.66. The second-order valence-corrected chi connectivity index (χ2v) is 4.99. The van der Waals surface area contributed by atoms with E-state index in [1.165, 1.54) is 12.3 Å². The van der Waals surface area contributed by atoms with Crippen molar-refractivity contribution in [1.29, 1.82) is 0 Å². The Balaban J connectivity index is 2.61. The molecule has 0 atom stereocenters. The molecule has 0 saturated heterocycles. The van der Waals surface area contributed by atoms with Crippen LogP contribution in [0, 0.1) is 12.8 Å². The first kappa shape index (κ1) is 15.4. The van der Waals surface area contributed by atoms with Crippen LogP contribution in [0.1, 0.15) is 36.3 Å². The summed E-state index contributed by atoms with van der Waals surface area (Å²) in [4.78, 5) is 22.4. The fourth-order valence-corrected chi connectivity index (χ4v) is 1.66. The SMILES string of the molecule is Cc1cc(=O)c(C(=O)O)cn1CCOCCC(C)C. The second kappa shape index (κ2) is 7.09. The van der Waals surface area contributed by atoms with Gasteiger partial charge in [-0.05, 0) is 19.3 Å². The number of ether oxygens (including phenoxy) is 1. The van der Waals surface area contributed by atoms with E-state index in [4.69, 9.17) is 9.84 Å². The number of carbonyl (C=O) groups is 1. The van der Waals surface area contributed by atoms with Crippen molar-refractivity contribution in [1.82, 2.24) is 4.57 Å². The van der Waals surface area contributed by atoms with Crippen LogP contribution in [0.25, 0.3) is 0 Å². The molecule has 1 aromatic rings. The van der Waals surface area contributed by atoms with Gasteiger partial charge in [-0.15, -0.1) is 0 Å². The van der Waals surface area contributed by atoms with Crippen LogP contribution in [0.2, 0.25) is 0 Å². The van der Waals surface area contributed by atoms with E-state index in [2.05, 4.69) is 13.8 Å². The molecule has 0 radical (unpaired) electrons. The Bertz CT molecular complexity index is 491. The van der Waals surface area contributed by atoms with Crippen molar-refractivity contribution in [2.75, 3.05) is 13.2 Å². The van der Waals surface area contributed by atoms with Crippen LogP contribution in [0.4, 0.5) is 0 Å². The zero-order chi connectivity index (χ0) is 14.4. The van der Waals surface area contributed by atoms with Crippen molar-refractivity contribution in [2.24, 2.45) is 5.92 Å². The number of hydrogen-bond acceptors (Lipinski definition) is 3. The summed E-state index contributed by atoms with van der Waals surface area (Å²) in [6.45, 7) is 7.80. The highest BCUT2D eigenvalue weighted by Crippen LogP contribution is 2.02. The minimum Gasteiger partial charge on any atom is -0.477 e.